The molecule has 5 amide bonds. The number of fused-ring (bicyclic) bond motifs is 1. The number of nitrogens with two attached hydrogens (primary N) is 1. The third-order valence-corrected chi connectivity index (χ3v) is 10.5. The van der Waals surface area contributed by atoms with Gasteiger partial charge in [0.15, 0.2) is 0 Å². The summed E-state index contributed by atoms with van der Waals surface area (Å²) in [5.41, 5.74) is 8.78. The van der Waals surface area contributed by atoms with Gasteiger partial charge in [-0.25, -0.2) is 0 Å². The average Bonchev–Trinajstić information content (AvgIpc) is 3.56. The zero-order valence-electron chi connectivity index (χ0n) is 30.0. The normalized spacial score (nSPS) is 19.6. The van der Waals surface area contributed by atoms with E-state index >= 15 is 0 Å². The zero-order valence-corrected chi connectivity index (χ0v) is 30.9. The van der Waals surface area contributed by atoms with E-state index in [0.29, 0.717) is 42.5 Å². The Balaban J connectivity index is 1.30. The van der Waals surface area contributed by atoms with E-state index < -0.39 is 67.5 Å². The van der Waals surface area contributed by atoms with Gasteiger partial charge in [-0.05, 0) is 67.0 Å². The number of hydrogen-bond donors (Lipinski definition) is 7. The molecule has 15 heteroatoms. The van der Waals surface area contributed by atoms with Gasteiger partial charge in [-0.15, -0.1) is 0 Å². The van der Waals surface area contributed by atoms with Crippen LogP contribution in [0.2, 0.25) is 0 Å². The van der Waals surface area contributed by atoms with E-state index in [1.165, 1.54) is 11.0 Å². The molecular formula is C39H47N6O8P. The minimum absolute atomic E-state index is 0.0476. The SMILES string of the molecule is C/C(=C\C(=O)NC1CNCC[C@H]2CC[C@@H](C(=O)N[C@@H](CCC(N)=O)C(=O)NC(c3ccccc3)c3ccccc3)N2C1=O)c1ccc(CP(=O)(O)O)cc1. The number of nitrogens with one attached hydrogen (secondary N) is 4. The molecule has 2 fully saturated rings. The Hall–Kier alpha value is -5.14. The van der Waals surface area contributed by atoms with Crippen molar-refractivity contribution < 1.29 is 38.3 Å². The maximum absolute atomic E-state index is 14.1. The van der Waals surface area contributed by atoms with Gasteiger partial charge >= 0.3 is 7.60 Å². The summed E-state index contributed by atoms with van der Waals surface area (Å²) >= 11 is 0. The van der Waals surface area contributed by atoms with Gasteiger partial charge in [0.2, 0.25) is 29.5 Å². The lowest BCUT2D eigenvalue weighted by Gasteiger charge is -2.35. The van der Waals surface area contributed by atoms with Crippen LogP contribution in [0.5, 0.6) is 0 Å². The Bertz CT molecular complexity index is 1850. The first-order valence-electron chi connectivity index (χ1n) is 17.9. The summed E-state index contributed by atoms with van der Waals surface area (Å²) in [4.78, 5) is 87.0. The molecule has 0 bridgehead atoms. The Morgan fingerprint density at radius 1 is 0.926 bits per heavy atom. The van der Waals surface area contributed by atoms with Gasteiger partial charge in [0.05, 0.1) is 12.2 Å². The fourth-order valence-corrected chi connectivity index (χ4v) is 7.66. The van der Waals surface area contributed by atoms with Crippen molar-refractivity contribution >= 4 is 42.7 Å². The molecule has 0 radical (unpaired) electrons. The summed E-state index contributed by atoms with van der Waals surface area (Å²) < 4.78 is 11.3. The molecule has 54 heavy (non-hydrogen) atoms. The van der Waals surface area contributed by atoms with Crippen LogP contribution in [0.1, 0.15) is 67.3 Å². The molecule has 2 heterocycles. The molecule has 2 saturated heterocycles. The molecule has 14 nitrogen and oxygen atoms in total. The van der Waals surface area contributed by atoms with E-state index in [2.05, 4.69) is 21.3 Å². The molecule has 3 aromatic carbocycles. The van der Waals surface area contributed by atoms with Crippen molar-refractivity contribution in [3.8, 4) is 0 Å². The van der Waals surface area contributed by atoms with E-state index in [1.54, 1.807) is 31.2 Å². The third kappa shape index (κ3) is 11.0. The second kappa shape index (κ2) is 18.3. The highest BCUT2D eigenvalue weighted by atomic mass is 31.2. The van der Waals surface area contributed by atoms with Gasteiger partial charge in [0, 0.05) is 25.1 Å². The van der Waals surface area contributed by atoms with Crippen LogP contribution in [-0.2, 0) is 34.7 Å². The number of amides is 5. The van der Waals surface area contributed by atoms with Gasteiger partial charge in [-0.2, -0.15) is 0 Å². The average molecular weight is 759 g/mol. The molecule has 2 aliphatic rings. The minimum atomic E-state index is -4.23. The first-order chi connectivity index (χ1) is 25.8. The number of nitrogens with zero attached hydrogens (tertiary/aromatic N) is 1. The monoisotopic (exact) mass is 758 g/mol. The van der Waals surface area contributed by atoms with Crippen molar-refractivity contribution in [2.75, 3.05) is 13.1 Å². The van der Waals surface area contributed by atoms with Crippen molar-refractivity contribution in [2.45, 2.75) is 75.4 Å². The minimum Gasteiger partial charge on any atom is -0.370 e. The predicted molar refractivity (Wildman–Crippen MR) is 202 cm³/mol. The number of benzene rings is 3. The van der Waals surface area contributed by atoms with E-state index in [0.717, 1.165) is 11.1 Å². The van der Waals surface area contributed by atoms with Gasteiger partial charge in [-0.1, -0.05) is 84.9 Å². The molecule has 3 aromatic rings. The van der Waals surface area contributed by atoms with Gasteiger partial charge < -0.3 is 41.7 Å². The quantitative estimate of drug-likeness (QED) is 0.0946. The molecule has 1 unspecified atom stereocenters. The van der Waals surface area contributed by atoms with Crippen molar-refractivity contribution in [1.29, 1.82) is 0 Å². The highest BCUT2D eigenvalue weighted by molar-refractivity contribution is 7.50. The zero-order chi connectivity index (χ0) is 38.8. The molecule has 0 saturated carbocycles. The lowest BCUT2D eigenvalue weighted by atomic mass is 9.98. The van der Waals surface area contributed by atoms with Crippen LogP contribution >= 0.6 is 7.60 Å². The Morgan fingerprint density at radius 3 is 2.15 bits per heavy atom. The number of carbonyl (C=O) groups excluding carboxylic acids is 5. The molecule has 0 spiro atoms. The van der Waals surface area contributed by atoms with Crippen molar-refractivity contribution in [1.82, 2.24) is 26.2 Å². The van der Waals surface area contributed by atoms with E-state index in [-0.39, 0.29) is 25.4 Å². The molecule has 0 aromatic heterocycles. The van der Waals surface area contributed by atoms with Crippen molar-refractivity contribution in [2.24, 2.45) is 5.73 Å². The van der Waals surface area contributed by atoms with Crippen LogP contribution in [-0.4, -0.2) is 81.5 Å². The number of carbonyl (C=O) groups is 5. The molecule has 5 rings (SSSR count). The van der Waals surface area contributed by atoms with Crippen LogP contribution < -0.4 is 27.0 Å². The Labute approximate surface area is 314 Å². The summed E-state index contributed by atoms with van der Waals surface area (Å²) in [5.74, 6) is -2.64. The molecule has 4 atom stereocenters. The van der Waals surface area contributed by atoms with E-state index in [9.17, 15) is 38.3 Å². The Kier molecular flexibility index (Phi) is 13.5. The van der Waals surface area contributed by atoms with Crippen LogP contribution in [0.15, 0.2) is 91.0 Å². The first kappa shape index (κ1) is 40.1. The topological polar surface area (TPSA) is 220 Å². The van der Waals surface area contributed by atoms with Crippen LogP contribution in [0, 0.1) is 0 Å². The standard InChI is InChI=1S/C39H47N6O8P/c1-25(27-14-12-26(13-15-27)24-54(51,52)53)22-35(47)42-32-23-41-21-20-30-16-18-33(45(30)39(32)50)38(49)43-31(17-19-34(40)46)37(48)44-36(28-8-4-2-5-9-28)29-10-6-3-7-11-29/h2-15,22,30-33,36,41H,16-21,23-24H2,1H3,(H2,40,46)(H,42,47)(H,43,49)(H,44,48)(H2,51,52,53)/b25-22+/t30-,31+,32?,33+/m1/s1. The molecule has 2 aliphatic heterocycles. The maximum atomic E-state index is 14.1. The van der Waals surface area contributed by atoms with Crippen molar-refractivity contribution in [3.05, 3.63) is 113 Å². The summed E-state index contributed by atoms with van der Waals surface area (Å²) in [5, 5.41) is 11.9. The Morgan fingerprint density at radius 2 is 1.56 bits per heavy atom. The van der Waals surface area contributed by atoms with Crippen LogP contribution in [0.3, 0.4) is 0 Å². The largest absolute Gasteiger partial charge is 0.370 e. The number of rotatable bonds is 14. The van der Waals surface area contributed by atoms with Gasteiger partial charge in [-0.3, -0.25) is 28.5 Å². The van der Waals surface area contributed by atoms with Gasteiger partial charge in [0.1, 0.15) is 18.1 Å². The summed E-state index contributed by atoms with van der Waals surface area (Å²) in [6.45, 7) is 2.39. The van der Waals surface area contributed by atoms with Gasteiger partial charge in [0.25, 0.3) is 0 Å². The van der Waals surface area contributed by atoms with Crippen LogP contribution in [0.25, 0.3) is 5.57 Å². The van der Waals surface area contributed by atoms with E-state index in [4.69, 9.17) is 5.73 Å². The molecular weight excluding hydrogens is 711 g/mol. The molecule has 286 valence electrons. The number of hydrogen-bond acceptors (Lipinski definition) is 7. The lowest BCUT2D eigenvalue weighted by molar-refractivity contribution is -0.144. The first-order valence-corrected chi connectivity index (χ1v) is 19.7. The summed E-state index contributed by atoms with van der Waals surface area (Å²) in [6.07, 6.45) is 2.23. The number of primary amides is 1. The second-order valence-corrected chi connectivity index (χ2v) is 15.4. The fraction of sp³-hybridized carbons (Fsp3) is 0.359. The second-order valence-electron chi connectivity index (χ2n) is 13.7. The smallest absolute Gasteiger partial charge is 0.329 e. The fourth-order valence-electron chi connectivity index (χ4n) is 6.97. The predicted octanol–water partition coefficient (Wildman–Crippen LogP) is 2.26. The number of allylic oxidation sites excluding steroid dienone is 1. The molecule has 0 aliphatic carbocycles. The third-order valence-electron chi connectivity index (χ3n) is 9.69. The van der Waals surface area contributed by atoms with Crippen molar-refractivity contribution in [3.63, 3.8) is 0 Å². The highest BCUT2D eigenvalue weighted by Gasteiger charge is 2.44. The van der Waals surface area contributed by atoms with E-state index in [1.807, 2.05) is 60.7 Å². The van der Waals surface area contributed by atoms with Crippen LogP contribution in [0.4, 0.5) is 0 Å². The highest BCUT2D eigenvalue weighted by Crippen LogP contribution is 2.39. The lowest BCUT2D eigenvalue weighted by Crippen LogP contribution is -2.61. The maximum Gasteiger partial charge on any atom is 0.329 e. The summed E-state index contributed by atoms with van der Waals surface area (Å²) in [6, 6.07) is 21.4. The summed E-state index contributed by atoms with van der Waals surface area (Å²) in [7, 11) is -4.23. The molecule has 8 N–H and O–H groups in total.